The summed E-state index contributed by atoms with van der Waals surface area (Å²) in [5, 5.41) is 27.3. The second-order valence-corrected chi connectivity index (χ2v) is 10.9. The van der Waals surface area contributed by atoms with Gasteiger partial charge < -0.3 is 21.3 Å². The summed E-state index contributed by atoms with van der Waals surface area (Å²) in [5.74, 6) is -2.80. The summed E-state index contributed by atoms with van der Waals surface area (Å²) in [5.41, 5.74) is 6.41. The van der Waals surface area contributed by atoms with Gasteiger partial charge in [0.15, 0.2) is 11.0 Å². The number of nitrogens with one attached hydrogen (secondary N) is 1. The summed E-state index contributed by atoms with van der Waals surface area (Å²) in [6.07, 6.45) is 0. The number of nitrogens with zero attached hydrogens (tertiary/aromatic N) is 6. The molecule has 2 aliphatic heterocycles. The zero-order chi connectivity index (χ0) is 26.4. The maximum atomic E-state index is 12.9. The summed E-state index contributed by atoms with van der Waals surface area (Å²) in [6, 6.07) is 0.719. The molecular weight excluding hydrogens is 544 g/mol. The highest BCUT2D eigenvalue weighted by atomic mass is 32.2. The van der Waals surface area contributed by atoms with E-state index in [-0.39, 0.29) is 34.7 Å². The zero-order valence-corrected chi connectivity index (χ0v) is 21.4. The Morgan fingerprint density at radius 1 is 1.30 bits per heavy atom. The van der Waals surface area contributed by atoms with Crippen molar-refractivity contribution in [2.24, 2.45) is 0 Å². The summed E-state index contributed by atoms with van der Waals surface area (Å²) >= 11 is 3.59. The molecular formula is C20H18N8O6S3. The molecule has 3 aromatic heterocycles. The van der Waals surface area contributed by atoms with Gasteiger partial charge in [0, 0.05) is 22.6 Å². The molecule has 0 saturated carbocycles. The summed E-state index contributed by atoms with van der Waals surface area (Å²) < 4.78 is 1.47. The number of ketones is 1. The van der Waals surface area contributed by atoms with Crippen LogP contribution in [0.15, 0.2) is 27.7 Å². The second kappa shape index (κ2) is 9.73. The number of β-lactam (4-membered cyclic amide) rings is 1. The highest BCUT2D eigenvalue weighted by Gasteiger charge is 2.54. The summed E-state index contributed by atoms with van der Waals surface area (Å²) in [7, 11) is 0. The predicted molar refractivity (Wildman–Crippen MR) is 133 cm³/mol. The number of aliphatic carboxylic acids is 1. The minimum atomic E-state index is -1.27. The lowest BCUT2D eigenvalue weighted by Gasteiger charge is -2.49. The van der Waals surface area contributed by atoms with Gasteiger partial charge in [-0.3, -0.25) is 19.3 Å². The quantitative estimate of drug-likeness (QED) is 0.0914. The molecule has 3 aromatic rings. The molecule has 5 N–H and O–H groups in total. The van der Waals surface area contributed by atoms with Gasteiger partial charge in [-0.25, -0.2) is 14.8 Å². The molecule has 2 aliphatic rings. The fraction of sp³-hybridized carbons (Fsp3) is 0.300. The smallest absolute Gasteiger partial charge is 0.352 e. The van der Waals surface area contributed by atoms with Crippen molar-refractivity contribution in [2.45, 2.75) is 30.0 Å². The van der Waals surface area contributed by atoms with Crippen LogP contribution >= 0.6 is 34.9 Å². The topological polar surface area (TPSA) is 206 Å². The Morgan fingerprint density at radius 3 is 2.76 bits per heavy atom. The number of aliphatic hydroxyl groups excluding tert-OH is 1. The third-order valence-corrected chi connectivity index (χ3v) is 8.58. The normalized spacial score (nSPS) is 19.1. The lowest BCUT2D eigenvalue weighted by Crippen LogP contribution is -2.71. The number of carboxylic acid groups (broad SMARTS) is 1. The van der Waals surface area contributed by atoms with Crippen LogP contribution in [0.5, 0.6) is 0 Å². The van der Waals surface area contributed by atoms with Crippen molar-refractivity contribution in [1.82, 2.24) is 34.8 Å². The Morgan fingerprint density at radius 2 is 2.08 bits per heavy atom. The van der Waals surface area contributed by atoms with Crippen molar-refractivity contribution in [3.8, 4) is 0 Å². The van der Waals surface area contributed by atoms with Gasteiger partial charge in [-0.05, 0) is 18.6 Å². The van der Waals surface area contributed by atoms with Crippen LogP contribution in [0.4, 0.5) is 5.13 Å². The van der Waals surface area contributed by atoms with E-state index in [1.54, 1.807) is 13.0 Å². The van der Waals surface area contributed by atoms with Gasteiger partial charge in [0.1, 0.15) is 34.4 Å². The molecule has 5 rings (SSSR count). The van der Waals surface area contributed by atoms with Crippen LogP contribution in [0.25, 0.3) is 5.78 Å². The van der Waals surface area contributed by atoms with E-state index in [9.17, 15) is 29.4 Å². The predicted octanol–water partition coefficient (Wildman–Crippen LogP) is -0.323. The maximum absolute atomic E-state index is 12.9. The van der Waals surface area contributed by atoms with Crippen LogP contribution in [0.2, 0.25) is 0 Å². The zero-order valence-electron chi connectivity index (χ0n) is 18.9. The average molecular weight is 563 g/mol. The molecule has 1 unspecified atom stereocenters. The van der Waals surface area contributed by atoms with Gasteiger partial charge in [0.05, 0.1) is 0 Å². The third-order valence-electron chi connectivity index (χ3n) is 5.48. The number of fused-ring (bicyclic) bond motifs is 2. The molecule has 2 atom stereocenters. The number of aryl methyl sites for hydroxylation is 1. The molecule has 1 saturated heterocycles. The molecule has 192 valence electrons. The van der Waals surface area contributed by atoms with Crippen LogP contribution in [-0.2, 0) is 21.0 Å². The van der Waals surface area contributed by atoms with Crippen molar-refractivity contribution < 1.29 is 29.4 Å². The van der Waals surface area contributed by atoms with E-state index in [2.05, 4.69) is 25.4 Å². The van der Waals surface area contributed by atoms with Crippen LogP contribution in [0.3, 0.4) is 0 Å². The van der Waals surface area contributed by atoms with E-state index < -0.39 is 35.0 Å². The van der Waals surface area contributed by atoms with Gasteiger partial charge in [-0.2, -0.15) is 9.50 Å². The lowest BCUT2D eigenvalue weighted by atomic mass is 10.0. The molecule has 1 fully saturated rings. The second-order valence-electron chi connectivity index (χ2n) is 7.94. The number of rotatable bonds is 8. The van der Waals surface area contributed by atoms with Gasteiger partial charge >= 0.3 is 5.97 Å². The number of thioether (sulfide) groups is 2. The molecule has 14 nitrogen and oxygen atoms in total. The number of anilines is 1. The first kappa shape index (κ1) is 25.1. The van der Waals surface area contributed by atoms with Crippen molar-refractivity contribution >= 4 is 69.3 Å². The fourth-order valence-corrected chi connectivity index (χ4v) is 6.91. The largest absolute Gasteiger partial charge is 0.477 e. The first-order valence-corrected chi connectivity index (χ1v) is 13.5. The molecule has 37 heavy (non-hydrogen) atoms. The Bertz CT molecular complexity index is 1500. The number of thiazole rings is 1. The molecule has 0 radical (unpaired) electrons. The third kappa shape index (κ3) is 4.54. The molecule has 0 spiro atoms. The number of hydrogen-bond donors (Lipinski definition) is 4. The minimum Gasteiger partial charge on any atom is -0.477 e. The number of carbonyl (C=O) groups is 4. The van der Waals surface area contributed by atoms with E-state index >= 15 is 0 Å². The Kier molecular flexibility index (Phi) is 6.61. The van der Waals surface area contributed by atoms with Crippen LogP contribution in [-0.4, -0.2) is 86.2 Å². The number of aromatic nitrogens is 5. The highest BCUT2D eigenvalue weighted by Crippen LogP contribution is 2.41. The van der Waals surface area contributed by atoms with Gasteiger partial charge in [0.25, 0.3) is 23.4 Å². The highest BCUT2D eigenvalue weighted by molar-refractivity contribution is 8.01. The van der Waals surface area contributed by atoms with E-state index in [1.165, 1.54) is 33.4 Å². The van der Waals surface area contributed by atoms with Crippen LogP contribution in [0.1, 0.15) is 22.0 Å². The molecule has 2 amide bonds. The SMILES string of the molecule is Cc1cc(SCC2=C(C(=O)O)N3C(=O)C(NC(=O)C(=O)c4csc(N)n4)[C@H]3SC2)n2nc(CO)nc2n1. The summed E-state index contributed by atoms with van der Waals surface area (Å²) in [6.45, 7) is 1.43. The maximum Gasteiger partial charge on any atom is 0.352 e. The first-order valence-electron chi connectivity index (χ1n) is 10.6. The van der Waals surface area contributed by atoms with Crippen molar-refractivity contribution in [3.05, 3.63) is 39.9 Å². The van der Waals surface area contributed by atoms with Crippen LogP contribution in [0, 0.1) is 6.92 Å². The van der Waals surface area contributed by atoms with E-state index in [0.29, 0.717) is 27.8 Å². The number of carbonyl (C=O) groups excluding carboxylic acids is 3. The van der Waals surface area contributed by atoms with Gasteiger partial charge in [-0.15, -0.1) is 40.0 Å². The Balaban J connectivity index is 1.33. The monoisotopic (exact) mass is 562 g/mol. The van der Waals surface area contributed by atoms with E-state index in [4.69, 9.17) is 5.73 Å². The Labute approximate surface area is 220 Å². The number of amides is 2. The lowest BCUT2D eigenvalue weighted by molar-refractivity contribution is -0.150. The first-order chi connectivity index (χ1) is 17.7. The van der Waals surface area contributed by atoms with Crippen molar-refractivity contribution in [2.75, 3.05) is 17.2 Å². The standard InChI is InChI=1S/C20H18N8O6S3/c1-7-2-11(28-20(22-7)24-10(3-29)26-28)35-4-8-5-36-17-12(16(32)27(17)13(8)18(33)34)25-15(31)14(30)9-6-37-19(21)23-9/h2,6,12,17,29H,3-5H2,1H3,(H2,21,23)(H,25,31)(H,33,34)/t12?,17-/m1/s1. The minimum absolute atomic E-state index is 0.121. The average Bonchev–Trinajstić information content (AvgIpc) is 3.50. The Hall–Kier alpha value is -3.54. The van der Waals surface area contributed by atoms with Crippen LogP contribution < -0.4 is 11.1 Å². The van der Waals surface area contributed by atoms with E-state index in [1.807, 2.05) is 0 Å². The van der Waals surface area contributed by atoms with Gasteiger partial charge in [-0.1, -0.05) is 0 Å². The number of nitrogen functional groups attached to an aromatic ring is 1. The number of nitrogens with two attached hydrogens (primary N) is 1. The number of aliphatic hydroxyl groups is 1. The number of hydrogen-bond acceptors (Lipinski definition) is 13. The molecule has 0 bridgehead atoms. The van der Waals surface area contributed by atoms with Gasteiger partial charge in [0.2, 0.25) is 0 Å². The summed E-state index contributed by atoms with van der Waals surface area (Å²) in [4.78, 5) is 63.0. The number of Topliss-reactive ketones (excluding diaryl/α,β-unsaturated/α-hetero) is 1. The number of carboxylic acids is 1. The van der Waals surface area contributed by atoms with Crippen molar-refractivity contribution in [3.63, 3.8) is 0 Å². The molecule has 17 heteroatoms. The fourth-order valence-electron chi connectivity index (χ4n) is 3.84. The molecule has 5 heterocycles. The molecule has 0 aliphatic carbocycles. The van der Waals surface area contributed by atoms with Crippen molar-refractivity contribution in [1.29, 1.82) is 0 Å². The molecule has 0 aromatic carbocycles. The van der Waals surface area contributed by atoms with E-state index in [0.717, 1.165) is 16.2 Å².